The Hall–Kier alpha value is -3.20. The number of benzene rings is 1. The van der Waals surface area contributed by atoms with Crippen molar-refractivity contribution in [2.75, 3.05) is 6.61 Å². The lowest BCUT2D eigenvalue weighted by Crippen LogP contribution is -2.44. The maximum atomic E-state index is 14.0. The minimum Gasteiger partial charge on any atom is -0.442 e. The lowest BCUT2D eigenvalue weighted by Gasteiger charge is -2.34. The van der Waals surface area contributed by atoms with Crippen molar-refractivity contribution in [3.8, 4) is 0 Å². The molecule has 1 atom stereocenters. The van der Waals surface area contributed by atoms with Crippen LogP contribution >= 0.6 is 0 Å². The summed E-state index contributed by atoms with van der Waals surface area (Å²) in [4.78, 5) is 28.6. The first-order chi connectivity index (χ1) is 17.8. The van der Waals surface area contributed by atoms with E-state index >= 15 is 0 Å². The van der Waals surface area contributed by atoms with Crippen LogP contribution in [0.1, 0.15) is 74.5 Å². The molecule has 0 spiro atoms. The van der Waals surface area contributed by atoms with Gasteiger partial charge >= 0.3 is 6.09 Å². The number of carbonyl (C=O) groups is 2. The van der Waals surface area contributed by atoms with E-state index in [1.165, 1.54) is 4.68 Å². The zero-order valence-corrected chi connectivity index (χ0v) is 21.9. The molecule has 196 valence electrons. The van der Waals surface area contributed by atoms with Crippen molar-refractivity contribution in [2.45, 2.75) is 96.1 Å². The summed E-state index contributed by atoms with van der Waals surface area (Å²) in [5.41, 5.74) is 3.02. The molecule has 1 unspecified atom stereocenters. The summed E-state index contributed by atoms with van der Waals surface area (Å²) in [5.74, 6) is 0.0647. The number of aryl methyl sites for hydroxylation is 1. The van der Waals surface area contributed by atoms with Crippen LogP contribution in [0.4, 0.5) is 4.79 Å². The first kappa shape index (κ1) is 24.2. The lowest BCUT2D eigenvalue weighted by atomic mass is 9.91. The maximum absolute atomic E-state index is 14.0. The normalized spacial score (nSPS) is 19.6. The molecule has 2 saturated carbocycles. The van der Waals surface area contributed by atoms with Crippen LogP contribution in [0.25, 0.3) is 10.9 Å². The van der Waals surface area contributed by atoms with E-state index in [0.717, 1.165) is 60.7 Å². The second-order valence-electron chi connectivity index (χ2n) is 11.5. The van der Waals surface area contributed by atoms with Gasteiger partial charge in [0.2, 0.25) is 0 Å². The molecule has 0 bridgehead atoms. The quantitative estimate of drug-likeness (QED) is 0.474. The average Bonchev–Trinajstić information content (AvgIpc) is 3.77. The van der Waals surface area contributed by atoms with E-state index in [1.54, 1.807) is 6.20 Å². The highest BCUT2D eigenvalue weighted by Crippen LogP contribution is 2.36. The summed E-state index contributed by atoms with van der Waals surface area (Å²) in [6.45, 7) is 6.84. The standard InChI is InChI=1S/C28H35N5O4/c1-28(2,3)37-27(35)32-17-18-15-20(9-12-24(18)30-32)33(19-7-8-19)26(34)22-5-4-6-25-23(22)16-29-31(25)13-14-36-21-10-11-21/h4-6,16-17,19-21H,7-15H2,1-3H3. The molecule has 0 aliphatic heterocycles. The Labute approximate surface area is 216 Å². The van der Waals surface area contributed by atoms with Gasteiger partial charge in [-0.1, -0.05) is 6.07 Å². The highest BCUT2D eigenvalue weighted by atomic mass is 16.6. The van der Waals surface area contributed by atoms with Gasteiger partial charge in [0.25, 0.3) is 5.91 Å². The zero-order valence-electron chi connectivity index (χ0n) is 21.9. The Balaban J connectivity index is 1.21. The van der Waals surface area contributed by atoms with Gasteiger partial charge in [0, 0.05) is 23.7 Å². The van der Waals surface area contributed by atoms with E-state index in [-0.39, 0.29) is 18.0 Å². The number of carbonyl (C=O) groups excluding carboxylic acids is 2. The van der Waals surface area contributed by atoms with Crippen LogP contribution in [0.2, 0.25) is 0 Å². The van der Waals surface area contributed by atoms with E-state index in [1.807, 2.05) is 49.8 Å². The van der Waals surface area contributed by atoms with Crippen molar-refractivity contribution in [1.82, 2.24) is 24.5 Å². The minimum atomic E-state index is -0.583. The SMILES string of the molecule is CC(C)(C)OC(=O)n1cc2c(n1)CCC(N(C(=O)c1cccc3c1cnn3CCOC1CC1)C1CC1)C2. The largest absolute Gasteiger partial charge is 0.442 e. The van der Waals surface area contributed by atoms with Crippen LogP contribution in [-0.2, 0) is 28.9 Å². The molecule has 1 aromatic carbocycles. The van der Waals surface area contributed by atoms with E-state index in [9.17, 15) is 9.59 Å². The summed E-state index contributed by atoms with van der Waals surface area (Å²) in [5, 5.41) is 9.95. The Morgan fingerprint density at radius 3 is 2.65 bits per heavy atom. The number of hydrogen-bond acceptors (Lipinski definition) is 6. The Kier molecular flexibility index (Phi) is 6.06. The predicted molar refractivity (Wildman–Crippen MR) is 138 cm³/mol. The summed E-state index contributed by atoms with van der Waals surface area (Å²) in [6.07, 6.45) is 10.1. The maximum Gasteiger partial charge on any atom is 0.435 e. The third-order valence-electron chi connectivity index (χ3n) is 7.29. The Morgan fingerprint density at radius 1 is 1.11 bits per heavy atom. The van der Waals surface area contributed by atoms with Crippen LogP contribution in [0.3, 0.4) is 0 Å². The van der Waals surface area contributed by atoms with Crippen molar-refractivity contribution in [3.63, 3.8) is 0 Å². The first-order valence-corrected chi connectivity index (χ1v) is 13.5. The number of aromatic nitrogens is 4. The Bertz CT molecular complexity index is 1330. The molecule has 2 aromatic heterocycles. The molecule has 9 nitrogen and oxygen atoms in total. The fourth-order valence-electron chi connectivity index (χ4n) is 5.26. The van der Waals surface area contributed by atoms with Gasteiger partial charge < -0.3 is 14.4 Å². The fraction of sp³-hybridized carbons (Fsp3) is 0.571. The molecule has 9 heteroatoms. The van der Waals surface area contributed by atoms with Crippen LogP contribution in [0.5, 0.6) is 0 Å². The molecule has 2 heterocycles. The van der Waals surface area contributed by atoms with Gasteiger partial charge in [0.15, 0.2) is 0 Å². The molecule has 6 rings (SSSR count). The molecule has 0 radical (unpaired) electrons. The highest BCUT2D eigenvalue weighted by molar-refractivity contribution is 6.06. The summed E-state index contributed by atoms with van der Waals surface area (Å²) >= 11 is 0. The van der Waals surface area contributed by atoms with Crippen molar-refractivity contribution in [2.24, 2.45) is 0 Å². The van der Waals surface area contributed by atoms with E-state index in [4.69, 9.17) is 9.47 Å². The summed E-state index contributed by atoms with van der Waals surface area (Å²) in [7, 11) is 0. The van der Waals surface area contributed by atoms with Crippen molar-refractivity contribution < 1.29 is 19.1 Å². The number of nitrogens with zero attached hydrogens (tertiary/aromatic N) is 5. The average molecular weight is 506 g/mol. The van der Waals surface area contributed by atoms with Gasteiger partial charge in [-0.2, -0.15) is 14.9 Å². The number of rotatable bonds is 7. The smallest absolute Gasteiger partial charge is 0.435 e. The molecule has 1 amide bonds. The third kappa shape index (κ3) is 5.14. The highest BCUT2D eigenvalue weighted by Gasteiger charge is 2.40. The zero-order chi connectivity index (χ0) is 25.7. The van der Waals surface area contributed by atoms with Gasteiger partial charge in [-0.3, -0.25) is 9.48 Å². The van der Waals surface area contributed by atoms with Crippen molar-refractivity contribution >= 4 is 22.9 Å². The number of hydrogen-bond donors (Lipinski definition) is 0. The lowest BCUT2D eigenvalue weighted by molar-refractivity contribution is 0.0513. The van der Waals surface area contributed by atoms with Crippen LogP contribution in [0, 0.1) is 0 Å². The molecule has 3 aliphatic carbocycles. The monoisotopic (exact) mass is 505 g/mol. The number of fused-ring (bicyclic) bond motifs is 2. The van der Waals surface area contributed by atoms with E-state index < -0.39 is 11.7 Å². The van der Waals surface area contributed by atoms with Crippen LogP contribution in [0.15, 0.2) is 30.6 Å². The molecular formula is C28H35N5O4. The van der Waals surface area contributed by atoms with E-state index in [0.29, 0.717) is 31.2 Å². The minimum absolute atomic E-state index is 0.0647. The van der Waals surface area contributed by atoms with Gasteiger partial charge in [-0.25, -0.2) is 4.79 Å². The number of amides is 1. The summed E-state index contributed by atoms with van der Waals surface area (Å²) < 4.78 is 14.5. The van der Waals surface area contributed by atoms with Crippen molar-refractivity contribution in [3.05, 3.63) is 47.4 Å². The molecule has 0 N–H and O–H groups in total. The Morgan fingerprint density at radius 2 is 1.92 bits per heavy atom. The molecule has 3 aliphatic rings. The summed E-state index contributed by atoms with van der Waals surface area (Å²) in [6, 6.07) is 6.22. The molecule has 3 aromatic rings. The van der Waals surface area contributed by atoms with Gasteiger partial charge in [0.1, 0.15) is 5.60 Å². The molecule has 2 fully saturated rings. The second kappa shape index (κ2) is 9.28. The number of ether oxygens (including phenoxy) is 2. The van der Waals surface area contributed by atoms with Crippen LogP contribution < -0.4 is 0 Å². The van der Waals surface area contributed by atoms with Gasteiger partial charge in [-0.05, 0) is 83.4 Å². The second-order valence-corrected chi connectivity index (χ2v) is 11.5. The van der Waals surface area contributed by atoms with Crippen LogP contribution in [-0.4, -0.2) is 66.9 Å². The van der Waals surface area contributed by atoms with Crippen molar-refractivity contribution in [1.29, 1.82) is 0 Å². The first-order valence-electron chi connectivity index (χ1n) is 13.5. The fourth-order valence-corrected chi connectivity index (χ4v) is 5.26. The molecule has 0 saturated heterocycles. The molecule has 37 heavy (non-hydrogen) atoms. The topological polar surface area (TPSA) is 91.5 Å². The van der Waals surface area contributed by atoms with E-state index in [2.05, 4.69) is 15.1 Å². The van der Waals surface area contributed by atoms with Gasteiger partial charge in [0.05, 0.1) is 42.2 Å². The third-order valence-corrected chi connectivity index (χ3v) is 7.29. The molecular weight excluding hydrogens is 470 g/mol. The van der Waals surface area contributed by atoms with Gasteiger partial charge in [-0.15, -0.1) is 0 Å². The predicted octanol–water partition coefficient (Wildman–Crippen LogP) is 4.36.